The fourth-order valence-corrected chi connectivity index (χ4v) is 5.36. The number of anilines is 1. The second-order valence-corrected chi connectivity index (χ2v) is 10.6. The summed E-state index contributed by atoms with van der Waals surface area (Å²) in [5.74, 6) is 0.157. The minimum Gasteiger partial charge on any atom is -0.495 e. The van der Waals surface area contributed by atoms with Crippen LogP contribution in [0.25, 0.3) is 0 Å². The van der Waals surface area contributed by atoms with Crippen molar-refractivity contribution in [2.45, 2.75) is 18.2 Å². The molecule has 1 heterocycles. The number of rotatable bonds is 10. The third kappa shape index (κ3) is 6.48. The number of methoxy groups -OCH3 is 3. The molecule has 0 aliphatic carbocycles. The van der Waals surface area contributed by atoms with Crippen LogP contribution in [0.5, 0.6) is 17.2 Å². The van der Waals surface area contributed by atoms with Gasteiger partial charge in [-0.05, 0) is 49.2 Å². The zero-order chi connectivity index (χ0) is 27.9. The lowest BCUT2D eigenvalue weighted by Gasteiger charge is -2.36. The molecule has 12 heteroatoms. The first kappa shape index (κ1) is 29.1. The summed E-state index contributed by atoms with van der Waals surface area (Å²) < 4.78 is 49.0. The molecule has 1 aliphatic heterocycles. The van der Waals surface area contributed by atoms with Gasteiger partial charge in [-0.15, -0.1) is 0 Å². The van der Waals surface area contributed by atoms with Gasteiger partial charge in [-0.1, -0.05) is 6.07 Å². The summed E-state index contributed by atoms with van der Waals surface area (Å²) in [5, 5.41) is 0. The fraction of sp³-hybridized carbons (Fsp3) is 0.462. The Morgan fingerprint density at radius 2 is 1.53 bits per heavy atom. The molecule has 0 atom stereocenters. The van der Waals surface area contributed by atoms with Gasteiger partial charge in [0.1, 0.15) is 5.75 Å². The van der Waals surface area contributed by atoms with Gasteiger partial charge in [0.25, 0.3) is 0 Å². The third-order valence-corrected chi connectivity index (χ3v) is 8.23. The number of esters is 1. The maximum atomic E-state index is 13.4. The van der Waals surface area contributed by atoms with Crippen LogP contribution in [0.2, 0.25) is 0 Å². The number of sulfonamides is 1. The van der Waals surface area contributed by atoms with Crippen molar-refractivity contribution in [3.63, 3.8) is 0 Å². The van der Waals surface area contributed by atoms with E-state index in [0.717, 1.165) is 5.56 Å². The van der Waals surface area contributed by atoms with Gasteiger partial charge in [0.15, 0.2) is 11.5 Å². The Labute approximate surface area is 223 Å². The molecular formula is C26H35N3O8S. The predicted molar refractivity (Wildman–Crippen MR) is 141 cm³/mol. The third-order valence-electron chi connectivity index (χ3n) is 6.38. The first-order chi connectivity index (χ1) is 18.2. The lowest BCUT2D eigenvalue weighted by Crippen LogP contribution is -2.51. The zero-order valence-electron chi connectivity index (χ0n) is 22.4. The van der Waals surface area contributed by atoms with E-state index in [2.05, 4.69) is 0 Å². The number of carbonyl (C=O) groups excluding carboxylic acids is 2. The number of carbonyl (C=O) groups is 2. The van der Waals surface area contributed by atoms with Crippen molar-refractivity contribution in [1.29, 1.82) is 0 Å². The van der Waals surface area contributed by atoms with Crippen molar-refractivity contribution in [2.75, 3.05) is 72.6 Å². The molecule has 38 heavy (non-hydrogen) atoms. The van der Waals surface area contributed by atoms with Gasteiger partial charge in [-0.2, -0.15) is 0 Å². The van der Waals surface area contributed by atoms with E-state index in [1.807, 2.05) is 17.0 Å². The highest BCUT2D eigenvalue weighted by molar-refractivity contribution is 7.89. The summed E-state index contributed by atoms with van der Waals surface area (Å²) in [6.45, 7) is 3.43. The minimum atomic E-state index is -3.80. The first-order valence-electron chi connectivity index (χ1n) is 12.2. The highest BCUT2D eigenvalue weighted by Gasteiger charge is 2.29. The molecule has 1 fully saturated rings. The van der Waals surface area contributed by atoms with Crippen LogP contribution in [0.15, 0.2) is 41.3 Å². The molecule has 2 aromatic carbocycles. The second-order valence-electron chi connectivity index (χ2n) is 8.60. The fourth-order valence-electron chi connectivity index (χ4n) is 4.17. The Balaban J connectivity index is 1.73. The molecule has 0 radical (unpaired) electrons. The molecule has 0 N–H and O–H groups in total. The number of nitrogens with zero attached hydrogens (tertiary/aromatic N) is 3. The quantitative estimate of drug-likeness (QED) is 0.323. The number of piperazine rings is 1. The topological polar surface area (TPSA) is 115 Å². The molecule has 1 saturated heterocycles. The number of amides is 1. The van der Waals surface area contributed by atoms with Gasteiger partial charge < -0.3 is 28.7 Å². The smallest absolute Gasteiger partial charge is 0.397 e. The van der Waals surface area contributed by atoms with Crippen LogP contribution in [0.3, 0.4) is 0 Å². The van der Waals surface area contributed by atoms with E-state index in [1.165, 1.54) is 22.4 Å². The molecule has 11 nitrogen and oxygen atoms in total. The van der Waals surface area contributed by atoms with Gasteiger partial charge in [0, 0.05) is 39.8 Å². The van der Waals surface area contributed by atoms with Gasteiger partial charge in [0.2, 0.25) is 10.0 Å². The van der Waals surface area contributed by atoms with Gasteiger partial charge in [-0.25, -0.2) is 17.5 Å². The van der Waals surface area contributed by atoms with Crippen LogP contribution in [0.1, 0.15) is 12.5 Å². The second kappa shape index (κ2) is 12.8. The van der Waals surface area contributed by atoms with Crippen molar-refractivity contribution >= 4 is 27.6 Å². The van der Waals surface area contributed by atoms with Gasteiger partial charge in [-0.3, -0.25) is 4.79 Å². The molecule has 2 aromatic rings. The van der Waals surface area contributed by atoms with Crippen molar-refractivity contribution in [1.82, 2.24) is 9.21 Å². The van der Waals surface area contributed by atoms with Crippen molar-refractivity contribution in [3.05, 3.63) is 42.0 Å². The SMILES string of the molecule is CCOC(=O)C(=O)N1CCN(c2cc(S(=O)(=O)N(C)CCc3ccc(OC)c(OC)c3)ccc2OC)CC1. The molecule has 3 rings (SSSR count). The molecule has 208 valence electrons. The maximum absolute atomic E-state index is 13.4. The summed E-state index contributed by atoms with van der Waals surface area (Å²) in [7, 11) is 2.37. The Morgan fingerprint density at radius 3 is 2.13 bits per heavy atom. The number of benzene rings is 2. The summed E-state index contributed by atoms with van der Waals surface area (Å²) >= 11 is 0. The van der Waals surface area contributed by atoms with E-state index in [1.54, 1.807) is 46.4 Å². The van der Waals surface area contributed by atoms with E-state index in [0.29, 0.717) is 55.5 Å². The average molecular weight is 550 g/mol. The normalized spacial score (nSPS) is 13.8. The number of ether oxygens (including phenoxy) is 4. The van der Waals surface area contributed by atoms with Crippen LogP contribution in [-0.2, 0) is 30.8 Å². The van der Waals surface area contributed by atoms with E-state index in [9.17, 15) is 18.0 Å². The van der Waals surface area contributed by atoms with E-state index in [4.69, 9.17) is 18.9 Å². The molecule has 1 aliphatic rings. The summed E-state index contributed by atoms with van der Waals surface area (Å²) in [6, 6.07) is 10.2. The monoisotopic (exact) mass is 549 g/mol. The van der Waals surface area contributed by atoms with Crippen molar-refractivity contribution in [2.24, 2.45) is 0 Å². The molecule has 0 aromatic heterocycles. The van der Waals surface area contributed by atoms with Crippen LogP contribution in [0.4, 0.5) is 5.69 Å². The summed E-state index contributed by atoms with van der Waals surface area (Å²) in [6.07, 6.45) is 0.482. The number of hydrogen-bond acceptors (Lipinski definition) is 9. The van der Waals surface area contributed by atoms with Crippen LogP contribution in [-0.4, -0.2) is 97.2 Å². The molecule has 0 saturated carbocycles. The predicted octanol–water partition coefficient (Wildman–Crippen LogP) is 1.79. The van der Waals surface area contributed by atoms with Crippen LogP contribution < -0.4 is 19.1 Å². The molecule has 0 spiro atoms. The highest BCUT2D eigenvalue weighted by atomic mass is 32.2. The van der Waals surface area contributed by atoms with E-state index in [-0.39, 0.29) is 18.0 Å². The minimum absolute atomic E-state index is 0.131. The first-order valence-corrected chi connectivity index (χ1v) is 13.7. The Kier molecular flexibility index (Phi) is 9.81. The van der Waals surface area contributed by atoms with E-state index >= 15 is 0 Å². The Hall–Kier alpha value is -3.51. The van der Waals surface area contributed by atoms with Crippen LogP contribution in [0, 0.1) is 0 Å². The van der Waals surface area contributed by atoms with Gasteiger partial charge >= 0.3 is 11.9 Å². The molecular weight excluding hydrogens is 514 g/mol. The molecule has 0 bridgehead atoms. The van der Waals surface area contributed by atoms with Gasteiger partial charge in [0.05, 0.1) is 38.5 Å². The lowest BCUT2D eigenvalue weighted by atomic mass is 10.1. The number of likely N-dealkylation sites (N-methyl/N-ethyl adjacent to an activating group) is 1. The average Bonchev–Trinajstić information content (AvgIpc) is 2.94. The molecule has 1 amide bonds. The Morgan fingerprint density at radius 1 is 0.895 bits per heavy atom. The summed E-state index contributed by atoms with van der Waals surface area (Å²) in [5.41, 5.74) is 1.51. The zero-order valence-corrected chi connectivity index (χ0v) is 23.2. The molecule has 0 unspecified atom stereocenters. The maximum Gasteiger partial charge on any atom is 0.397 e. The largest absolute Gasteiger partial charge is 0.495 e. The highest BCUT2D eigenvalue weighted by Crippen LogP contribution is 2.33. The van der Waals surface area contributed by atoms with Crippen molar-refractivity contribution in [3.8, 4) is 17.2 Å². The Bertz CT molecular complexity index is 1240. The van der Waals surface area contributed by atoms with Crippen molar-refractivity contribution < 1.29 is 37.0 Å². The number of hydrogen-bond donors (Lipinski definition) is 0. The lowest BCUT2D eigenvalue weighted by molar-refractivity contribution is -0.160. The summed E-state index contributed by atoms with van der Waals surface area (Å²) in [4.78, 5) is 27.6. The standard InChI is InChI=1S/C26H35N3O8S/c1-6-37-26(31)25(30)29-15-13-28(14-16-29)21-18-20(8-10-22(21)34-3)38(32,33)27(2)12-11-19-7-9-23(35-4)24(17-19)36-5/h7-10,17-18H,6,11-16H2,1-5H3. The van der Waals surface area contributed by atoms with Crippen LogP contribution >= 0.6 is 0 Å². The van der Waals surface area contributed by atoms with E-state index < -0.39 is 21.9 Å².